The zero-order chi connectivity index (χ0) is 17.5. The average molecular weight is 349 g/mol. The predicted octanol–water partition coefficient (Wildman–Crippen LogP) is 2.89. The highest BCUT2D eigenvalue weighted by atomic mass is 35.5. The summed E-state index contributed by atoms with van der Waals surface area (Å²) in [6.07, 6.45) is 1.41. The van der Waals surface area contributed by atoms with Crippen molar-refractivity contribution in [1.82, 2.24) is 5.43 Å². The van der Waals surface area contributed by atoms with Gasteiger partial charge >= 0.3 is 0 Å². The second-order valence-electron chi connectivity index (χ2n) is 4.92. The van der Waals surface area contributed by atoms with E-state index in [1.54, 1.807) is 30.3 Å². The first-order valence-electron chi connectivity index (χ1n) is 7.07. The molecule has 6 nitrogen and oxygen atoms in total. The molecule has 0 radical (unpaired) electrons. The number of aryl methyl sites for hydroxylation is 1. The summed E-state index contributed by atoms with van der Waals surface area (Å²) in [6.45, 7) is 1.67. The second-order valence-corrected chi connectivity index (χ2v) is 5.36. The van der Waals surface area contributed by atoms with Crippen molar-refractivity contribution in [2.75, 3.05) is 13.7 Å². The Labute approximate surface area is 144 Å². The molecule has 0 spiro atoms. The molecule has 0 unspecified atom stereocenters. The number of nitrogens with zero attached hydrogens (tertiary/aromatic N) is 1. The molecule has 126 valence electrons. The minimum atomic E-state index is -0.404. The third-order valence-electron chi connectivity index (χ3n) is 3.10. The van der Waals surface area contributed by atoms with E-state index in [0.717, 1.165) is 5.56 Å². The summed E-state index contributed by atoms with van der Waals surface area (Å²) in [4.78, 5) is 11.7. The van der Waals surface area contributed by atoms with Gasteiger partial charge in [-0.1, -0.05) is 11.6 Å². The van der Waals surface area contributed by atoms with Crippen molar-refractivity contribution < 1.29 is 19.4 Å². The number of carbonyl (C=O) groups is 1. The number of ether oxygens (including phenoxy) is 2. The fourth-order valence-electron chi connectivity index (χ4n) is 1.92. The molecule has 2 aromatic carbocycles. The summed E-state index contributed by atoms with van der Waals surface area (Å²) >= 11 is 5.86. The Morgan fingerprint density at radius 3 is 2.71 bits per heavy atom. The first-order chi connectivity index (χ1) is 11.5. The number of rotatable bonds is 6. The molecule has 2 aromatic rings. The van der Waals surface area contributed by atoms with Gasteiger partial charge < -0.3 is 14.6 Å². The number of benzene rings is 2. The Bertz CT molecular complexity index is 762. The number of amides is 1. The number of carbonyl (C=O) groups excluding carboxylic acids is 1. The summed E-state index contributed by atoms with van der Waals surface area (Å²) in [5, 5.41) is 14.1. The molecule has 0 bridgehead atoms. The maximum absolute atomic E-state index is 11.7. The summed E-state index contributed by atoms with van der Waals surface area (Å²) in [5.74, 6) is 0.536. The molecule has 7 heteroatoms. The Kier molecular flexibility index (Phi) is 6.03. The lowest BCUT2D eigenvalue weighted by Crippen LogP contribution is -2.24. The molecule has 0 saturated carbocycles. The largest absolute Gasteiger partial charge is 0.504 e. The van der Waals surface area contributed by atoms with Gasteiger partial charge in [-0.25, -0.2) is 5.43 Å². The highest BCUT2D eigenvalue weighted by Gasteiger charge is 2.05. The Hall–Kier alpha value is -2.73. The highest BCUT2D eigenvalue weighted by Crippen LogP contribution is 2.25. The van der Waals surface area contributed by atoms with Crippen LogP contribution in [-0.4, -0.2) is 30.9 Å². The minimum absolute atomic E-state index is 0.00526. The fraction of sp³-hybridized carbons (Fsp3) is 0.176. The van der Waals surface area contributed by atoms with Gasteiger partial charge in [-0.2, -0.15) is 5.10 Å². The first-order valence-corrected chi connectivity index (χ1v) is 7.45. The number of nitrogens with one attached hydrogen (secondary N) is 1. The van der Waals surface area contributed by atoms with Crippen LogP contribution in [0.3, 0.4) is 0 Å². The molecule has 0 saturated heterocycles. The molecule has 2 rings (SSSR count). The second kappa shape index (κ2) is 8.21. The summed E-state index contributed by atoms with van der Waals surface area (Å²) in [5.41, 5.74) is 3.80. The Morgan fingerprint density at radius 1 is 1.29 bits per heavy atom. The van der Waals surface area contributed by atoms with Crippen LogP contribution in [0.5, 0.6) is 17.2 Å². The Morgan fingerprint density at radius 2 is 2.04 bits per heavy atom. The van der Waals surface area contributed by atoms with Crippen molar-refractivity contribution in [3.05, 3.63) is 52.5 Å². The maximum Gasteiger partial charge on any atom is 0.277 e. The van der Waals surface area contributed by atoms with Gasteiger partial charge in [-0.15, -0.1) is 0 Å². The monoisotopic (exact) mass is 348 g/mol. The average Bonchev–Trinajstić information content (AvgIpc) is 2.54. The standard InChI is InChI=1S/C17H17ClN2O4/c1-11-7-13(18)4-6-15(11)24-10-17(22)20-19-9-12-3-5-16(23-2)14(21)8-12/h3-9,21H,10H2,1-2H3,(H,20,22). The summed E-state index contributed by atoms with van der Waals surface area (Å²) in [7, 11) is 1.46. The normalized spacial score (nSPS) is 10.6. The first kappa shape index (κ1) is 17.6. The molecular formula is C17H17ClN2O4. The number of aromatic hydroxyl groups is 1. The van der Waals surface area contributed by atoms with Gasteiger partial charge in [0.2, 0.25) is 0 Å². The molecule has 2 N–H and O–H groups in total. The fourth-order valence-corrected chi connectivity index (χ4v) is 2.14. The number of halogens is 1. The van der Waals surface area contributed by atoms with Crippen LogP contribution in [0.2, 0.25) is 5.02 Å². The number of phenols is 1. The highest BCUT2D eigenvalue weighted by molar-refractivity contribution is 6.30. The smallest absolute Gasteiger partial charge is 0.277 e. The number of hydrogen-bond donors (Lipinski definition) is 2. The summed E-state index contributed by atoms with van der Waals surface area (Å²) < 4.78 is 10.3. The van der Waals surface area contributed by atoms with E-state index in [4.69, 9.17) is 21.1 Å². The lowest BCUT2D eigenvalue weighted by Gasteiger charge is -2.08. The van der Waals surface area contributed by atoms with Crippen molar-refractivity contribution >= 4 is 23.7 Å². The quantitative estimate of drug-likeness (QED) is 0.621. The number of hydrazone groups is 1. The number of hydrogen-bond acceptors (Lipinski definition) is 5. The van der Waals surface area contributed by atoms with Crippen LogP contribution in [0.4, 0.5) is 0 Å². The molecule has 0 aliphatic heterocycles. The predicted molar refractivity (Wildman–Crippen MR) is 92.1 cm³/mol. The van der Waals surface area contributed by atoms with Crippen molar-refractivity contribution in [3.8, 4) is 17.2 Å². The molecule has 24 heavy (non-hydrogen) atoms. The van der Waals surface area contributed by atoms with Gasteiger partial charge in [0, 0.05) is 5.02 Å². The third kappa shape index (κ3) is 4.89. The number of methoxy groups -OCH3 is 1. The molecule has 0 aromatic heterocycles. The van der Waals surface area contributed by atoms with Crippen LogP contribution in [-0.2, 0) is 4.79 Å². The molecule has 0 fully saturated rings. The Balaban J connectivity index is 1.85. The van der Waals surface area contributed by atoms with Crippen LogP contribution in [0.25, 0.3) is 0 Å². The number of phenolic OH excluding ortho intramolecular Hbond substituents is 1. The lowest BCUT2D eigenvalue weighted by atomic mass is 10.2. The summed E-state index contributed by atoms with van der Waals surface area (Å²) in [6, 6.07) is 9.92. The van der Waals surface area contributed by atoms with Gasteiger partial charge in [-0.3, -0.25) is 4.79 Å². The molecule has 0 aliphatic rings. The van der Waals surface area contributed by atoms with Gasteiger partial charge in [-0.05, 0) is 54.4 Å². The van der Waals surface area contributed by atoms with Gasteiger partial charge in [0.05, 0.1) is 13.3 Å². The SMILES string of the molecule is COc1ccc(C=NNC(=O)COc2ccc(Cl)cc2C)cc1O. The van der Waals surface area contributed by atoms with Crippen LogP contribution in [0.15, 0.2) is 41.5 Å². The van der Waals surface area contributed by atoms with E-state index >= 15 is 0 Å². The lowest BCUT2D eigenvalue weighted by molar-refractivity contribution is -0.123. The van der Waals surface area contributed by atoms with Crippen LogP contribution < -0.4 is 14.9 Å². The van der Waals surface area contributed by atoms with Crippen LogP contribution in [0, 0.1) is 6.92 Å². The van der Waals surface area contributed by atoms with E-state index in [2.05, 4.69) is 10.5 Å². The molecule has 0 heterocycles. The van der Waals surface area contributed by atoms with Crippen LogP contribution in [0.1, 0.15) is 11.1 Å². The third-order valence-corrected chi connectivity index (χ3v) is 3.34. The van der Waals surface area contributed by atoms with Gasteiger partial charge in [0.25, 0.3) is 5.91 Å². The maximum atomic E-state index is 11.7. The van der Waals surface area contributed by atoms with E-state index in [0.29, 0.717) is 22.1 Å². The van der Waals surface area contributed by atoms with Crippen molar-refractivity contribution in [2.24, 2.45) is 5.10 Å². The van der Waals surface area contributed by atoms with Crippen LogP contribution >= 0.6 is 11.6 Å². The van der Waals surface area contributed by atoms with Gasteiger partial charge in [0.1, 0.15) is 5.75 Å². The van der Waals surface area contributed by atoms with Crippen molar-refractivity contribution in [3.63, 3.8) is 0 Å². The zero-order valence-corrected chi connectivity index (χ0v) is 14.0. The molecule has 1 amide bonds. The molecule has 0 aliphatic carbocycles. The topological polar surface area (TPSA) is 80.2 Å². The minimum Gasteiger partial charge on any atom is -0.504 e. The molecule has 0 atom stereocenters. The van der Waals surface area contributed by atoms with Crippen molar-refractivity contribution in [1.29, 1.82) is 0 Å². The van der Waals surface area contributed by atoms with E-state index in [1.165, 1.54) is 19.4 Å². The van der Waals surface area contributed by atoms with E-state index in [9.17, 15) is 9.90 Å². The van der Waals surface area contributed by atoms with E-state index < -0.39 is 5.91 Å². The zero-order valence-electron chi connectivity index (χ0n) is 13.2. The van der Waals surface area contributed by atoms with E-state index in [1.807, 2.05) is 6.92 Å². The molecular weight excluding hydrogens is 332 g/mol. The van der Waals surface area contributed by atoms with E-state index in [-0.39, 0.29) is 12.4 Å². The van der Waals surface area contributed by atoms with Crippen molar-refractivity contribution in [2.45, 2.75) is 6.92 Å². The van der Waals surface area contributed by atoms with Gasteiger partial charge in [0.15, 0.2) is 18.1 Å².